The van der Waals surface area contributed by atoms with Crippen LogP contribution in [0.25, 0.3) is 0 Å². The predicted octanol–water partition coefficient (Wildman–Crippen LogP) is 3.65. The topological polar surface area (TPSA) is 62.6 Å². The number of aliphatic imine (C=N–C) groups is 1. The third-order valence-electron chi connectivity index (χ3n) is 4.01. The number of nitrogens with one attached hydrogen (secondary N) is 1. The molecule has 0 aromatic carbocycles. The smallest absolute Gasteiger partial charge is 0.193 e. The molecule has 0 aliphatic rings. The number of ether oxygens (including phenoxy) is 1. The van der Waals surface area contributed by atoms with E-state index in [1.807, 2.05) is 27.9 Å². The van der Waals surface area contributed by atoms with E-state index in [-0.39, 0.29) is 6.10 Å². The summed E-state index contributed by atoms with van der Waals surface area (Å²) < 4.78 is 5.33. The lowest BCUT2D eigenvalue weighted by molar-refractivity contribution is 0.119. The fraction of sp³-hybridized carbons (Fsp3) is 0.611. The van der Waals surface area contributed by atoms with Gasteiger partial charge in [0.05, 0.1) is 17.2 Å². The molecule has 2 aromatic rings. The highest BCUT2D eigenvalue weighted by atomic mass is 32.1. The largest absolute Gasteiger partial charge is 0.375 e. The first-order valence-corrected chi connectivity index (χ1v) is 10.6. The van der Waals surface area contributed by atoms with E-state index in [9.17, 15) is 0 Å². The van der Waals surface area contributed by atoms with Gasteiger partial charge in [-0.15, -0.1) is 22.7 Å². The monoisotopic (exact) mass is 395 g/mol. The lowest BCUT2D eigenvalue weighted by Gasteiger charge is -2.21. The number of guanidine groups is 1. The highest BCUT2D eigenvalue weighted by Crippen LogP contribution is 2.20. The van der Waals surface area contributed by atoms with Crippen molar-refractivity contribution >= 4 is 28.6 Å². The van der Waals surface area contributed by atoms with Crippen LogP contribution in [0.4, 0.5) is 0 Å². The third-order valence-corrected chi connectivity index (χ3v) is 6.09. The van der Waals surface area contributed by atoms with E-state index in [4.69, 9.17) is 4.74 Å². The summed E-state index contributed by atoms with van der Waals surface area (Å²) in [5.74, 6) is 0.893. The zero-order valence-corrected chi connectivity index (χ0v) is 17.9. The van der Waals surface area contributed by atoms with Gasteiger partial charge in [0.25, 0.3) is 0 Å². The van der Waals surface area contributed by atoms with Crippen LogP contribution in [0.1, 0.15) is 47.3 Å². The highest BCUT2D eigenvalue weighted by molar-refractivity contribution is 7.10. The summed E-state index contributed by atoms with van der Waals surface area (Å²) in [5.41, 5.74) is 2.16. The van der Waals surface area contributed by atoms with Crippen LogP contribution < -0.4 is 5.32 Å². The van der Waals surface area contributed by atoms with Crippen molar-refractivity contribution in [1.82, 2.24) is 20.2 Å². The first kappa shape index (κ1) is 20.8. The SMILES string of the molecule is CN=C(NCCCCc1nc(C)cs1)N(C)Cc1csc(C(C)OC)n1. The molecule has 0 amide bonds. The number of nitrogens with zero attached hydrogens (tertiary/aromatic N) is 4. The van der Waals surface area contributed by atoms with Gasteiger partial charge in [0.15, 0.2) is 5.96 Å². The van der Waals surface area contributed by atoms with Crippen LogP contribution in [0, 0.1) is 6.92 Å². The summed E-state index contributed by atoms with van der Waals surface area (Å²) in [6.45, 7) is 5.69. The van der Waals surface area contributed by atoms with Gasteiger partial charge in [0.2, 0.25) is 0 Å². The maximum Gasteiger partial charge on any atom is 0.193 e. The van der Waals surface area contributed by atoms with Gasteiger partial charge in [0, 0.05) is 44.2 Å². The molecule has 1 N–H and O–H groups in total. The summed E-state index contributed by atoms with van der Waals surface area (Å²) in [4.78, 5) is 15.6. The molecule has 2 rings (SSSR count). The second-order valence-electron chi connectivity index (χ2n) is 6.22. The van der Waals surface area contributed by atoms with Crippen molar-refractivity contribution in [1.29, 1.82) is 0 Å². The van der Waals surface area contributed by atoms with Gasteiger partial charge >= 0.3 is 0 Å². The zero-order valence-electron chi connectivity index (χ0n) is 16.3. The van der Waals surface area contributed by atoms with E-state index in [0.717, 1.165) is 54.7 Å². The molecule has 0 aliphatic carbocycles. The zero-order chi connectivity index (χ0) is 18.9. The first-order valence-electron chi connectivity index (χ1n) is 8.83. The number of aromatic nitrogens is 2. The number of rotatable bonds is 9. The van der Waals surface area contributed by atoms with Crippen molar-refractivity contribution in [3.05, 3.63) is 32.2 Å². The van der Waals surface area contributed by atoms with E-state index in [2.05, 4.69) is 35.9 Å². The Morgan fingerprint density at radius 2 is 2.12 bits per heavy atom. The Labute approximate surface area is 164 Å². The molecular weight excluding hydrogens is 366 g/mol. The summed E-state index contributed by atoms with van der Waals surface area (Å²) in [6.07, 6.45) is 3.31. The minimum atomic E-state index is 0.0399. The Morgan fingerprint density at radius 3 is 2.77 bits per heavy atom. The predicted molar refractivity (Wildman–Crippen MR) is 110 cm³/mol. The summed E-state index contributed by atoms with van der Waals surface area (Å²) in [7, 11) is 5.56. The van der Waals surface area contributed by atoms with E-state index < -0.39 is 0 Å². The van der Waals surface area contributed by atoms with Crippen molar-refractivity contribution in [3.63, 3.8) is 0 Å². The van der Waals surface area contributed by atoms with E-state index in [1.165, 1.54) is 5.01 Å². The number of unbranched alkanes of at least 4 members (excludes halogenated alkanes) is 1. The molecule has 2 aromatic heterocycles. The number of thiazole rings is 2. The number of hydrogen-bond acceptors (Lipinski definition) is 6. The molecule has 6 nitrogen and oxygen atoms in total. The van der Waals surface area contributed by atoms with E-state index >= 15 is 0 Å². The van der Waals surface area contributed by atoms with Gasteiger partial charge < -0.3 is 15.0 Å². The molecule has 0 fully saturated rings. The second kappa shape index (κ2) is 10.6. The van der Waals surface area contributed by atoms with Crippen molar-refractivity contribution in [2.45, 2.75) is 45.8 Å². The van der Waals surface area contributed by atoms with Crippen LogP contribution in [-0.2, 0) is 17.7 Å². The molecule has 0 saturated carbocycles. The standard InChI is InChI=1S/C18H29N5OS2/c1-13-11-25-16(21-13)8-6-7-9-20-18(19-3)23(4)10-15-12-26-17(22-15)14(2)24-5/h11-12,14H,6-10H2,1-5H3,(H,19,20). The van der Waals surface area contributed by atoms with Gasteiger partial charge in [-0.05, 0) is 33.1 Å². The van der Waals surface area contributed by atoms with E-state index in [0.29, 0.717) is 0 Å². The quantitative estimate of drug-likeness (QED) is 0.399. The average Bonchev–Trinajstić information content (AvgIpc) is 3.26. The molecule has 1 atom stereocenters. The van der Waals surface area contributed by atoms with Crippen LogP contribution in [0.5, 0.6) is 0 Å². The lowest BCUT2D eigenvalue weighted by atomic mass is 10.2. The molecule has 0 radical (unpaired) electrons. The minimum Gasteiger partial charge on any atom is -0.375 e. The van der Waals surface area contributed by atoms with Crippen molar-refractivity contribution in [2.75, 3.05) is 27.7 Å². The highest BCUT2D eigenvalue weighted by Gasteiger charge is 2.12. The molecule has 8 heteroatoms. The average molecular weight is 396 g/mol. The molecule has 0 aliphatic heterocycles. The van der Waals surface area contributed by atoms with Crippen molar-refractivity contribution in [3.8, 4) is 0 Å². The molecule has 2 heterocycles. The van der Waals surface area contributed by atoms with Crippen molar-refractivity contribution in [2.24, 2.45) is 4.99 Å². The first-order chi connectivity index (χ1) is 12.5. The van der Waals surface area contributed by atoms with Crippen LogP contribution >= 0.6 is 22.7 Å². The Morgan fingerprint density at radius 1 is 1.31 bits per heavy atom. The molecule has 26 heavy (non-hydrogen) atoms. The minimum absolute atomic E-state index is 0.0399. The Kier molecular flexibility index (Phi) is 8.47. The Bertz CT molecular complexity index is 697. The number of aryl methyl sites for hydroxylation is 2. The molecular formula is C18H29N5OS2. The van der Waals surface area contributed by atoms with Crippen LogP contribution in [-0.4, -0.2) is 48.6 Å². The van der Waals surface area contributed by atoms with Crippen molar-refractivity contribution < 1.29 is 4.74 Å². The Balaban J connectivity index is 1.72. The molecule has 144 valence electrons. The summed E-state index contributed by atoms with van der Waals surface area (Å²) in [5, 5.41) is 9.87. The maximum absolute atomic E-state index is 5.33. The van der Waals surface area contributed by atoms with Gasteiger partial charge in [0.1, 0.15) is 11.1 Å². The number of methoxy groups -OCH3 is 1. The van der Waals surface area contributed by atoms with Gasteiger partial charge in [-0.3, -0.25) is 4.99 Å². The molecule has 0 bridgehead atoms. The van der Waals surface area contributed by atoms with Gasteiger partial charge in [-0.2, -0.15) is 0 Å². The Hall–Kier alpha value is -1.51. The summed E-state index contributed by atoms with van der Waals surface area (Å²) in [6, 6.07) is 0. The molecule has 0 saturated heterocycles. The summed E-state index contributed by atoms with van der Waals surface area (Å²) >= 11 is 3.39. The molecule has 0 spiro atoms. The maximum atomic E-state index is 5.33. The van der Waals surface area contributed by atoms with E-state index in [1.54, 1.807) is 29.8 Å². The normalized spacial score (nSPS) is 13.0. The van der Waals surface area contributed by atoms with Crippen LogP contribution in [0.15, 0.2) is 15.8 Å². The molecule has 1 unspecified atom stereocenters. The lowest BCUT2D eigenvalue weighted by Crippen LogP contribution is -2.39. The van der Waals surface area contributed by atoms with Crippen LogP contribution in [0.2, 0.25) is 0 Å². The second-order valence-corrected chi connectivity index (χ2v) is 8.06. The fourth-order valence-electron chi connectivity index (χ4n) is 2.50. The van der Waals surface area contributed by atoms with Crippen LogP contribution in [0.3, 0.4) is 0 Å². The fourth-order valence-corrected chi connectivity index (χ4v) is 4.16. The number of hydrogen-bond donors (Lipinski definition) is 1. The van der Waals surface area contributed by atoms with Gasteiger partial charge in [-0.25, -0.2) is 9.97 Å². The third kappa shape index (κ3) is 6.34. The van der Waals surface area contributed by atoms with Gasteiger partial charge in [-0.1, -0.05) is 0 Å².